The summed E-state index contributed by atoms with van der Waals surface area (Å²) in [5.74, 6) is -1.37. The number of carbonyl (C=O) groups is 1. The molecule has 0 saturated heterocycles. The van der Waals surface area contributed by atoms with E-state index in [0.29, 0.717) is 27.6 Å². The van der Waals surface area contributed by atoms with Gasteiger partial charge in [-0.2, -0.15) is 9.78 Å². The summed E-state index contributed by atoms with van der Waals surface area (Å²) in [5, 5.41) is 25.0. The highest BCUT2D eigenvalue weighted by molar-refractivity contribution is 9.10. The number of nitrogens with zero attached hydrogens (tertiary/aromatic N) is 4. The van der Waals surface area contributed by atoms with Crippen LogP contribution in [0.1, 0.15) is 37.6 Å². The van der Waals surface area contributed by atoms with Crippen LogP contribution in [0.4, 0.5) is 5.69 Å². The number of nitro benzene ring substituents is 1. The molecule has 0 fully saturated rings. The second-order valence-electron chi connectivity index (χ2n) is 7.09. The summed E-state index contributed by atoms with van der Waals surface area (Å²) in [6.07, 6.45) is 1.84. The third kappa shape index (κ3) is 5.37. The zero-order valence-corrected chi connectivity index (χ0v) is 19.8. The summed E-state index contributed by atoms with van der Waals surface area (Å²) >= 11 is 9.36. The fourth-order valence-corrected chi connectivity index (χ4v) is 3.60. The lowest BCUT2D eigenvalue weighted by Crippen LogP contribution is -2.23. The van der Waals surface area contributed by atoms with Crippen molar-refractivity contribution >= 4 is 56.3 Å². The number of carboxylic acids is 1. The van der Waals surface area contributed by atoms with Gasteiger partial charge in [-0.05, 0) is 30.7 Å². The Balaban J connectivity index is 2.23. The second-order valence-corrected chi connectivity index (χ2v) is 8.44. The largest absolute Gasteiger partial charge is 0.479 e. The van der Waals surface area contributed by atoms with Crippen LogP contribution in [-0.4, -0.2) is 38.5 Å². The standard InChI is InChI=1S/C21H18BrClN4O6/c1-3-11(2)20-25-16-5-4-13(22)7-15(16)21(30)26(20)24-9-12-6-14(23)8-17(27(31)32)19(12)33-10-18(28)29/h4-9,11H,3,10H2,1-2H3,(H,28,29)/t11-/m1/s1. The first kappa shape index (κ1) is 24.3. The zero-order valence-electron chi connectivity index (χ0n) is 17.5. The number of carboxylic acid groups (broad SMARTS) is 1. The quantitative estimate of drug-likeness (QED) is 0.252. The monoisotopic (exact) mass is 536 g/mol. The zero-order chi connectivity index (χ0) is 24.3. The molecule has 3 aromatic rings. The first-order valence-electron chi connectivity index (χ1n) is 9.71. The Bertz CT molecular complexity index is 1340. The first-order valence-corrected chi connectivity index (χ1v) is 10.9. The highest BCUT2D eigenvalue weighted by Gasteiger charge is 2.22. The van der Waals surface area contributed by atoms with Gasteiger partial charge in [-0.15, -0.1) is 0 Å². The molecule has 10 nitrogen and oxygen atoms in total. The topological polar surface area (TPSA) is 137 Å². The minimum Gasteiger partial charge on any atom is -0.479 e. The Hall–Kier alpha value is -3.31. The van der Waals surface area contributed by atoms with Crippen LogP contribution >= 0.6 is 27.5 Å². The number of ether oxygens (including phenoxy) is 1. The van der Waals surface area contributed by atoms with E-state index in [-0.39, 0.29) is 22.3 Å². The van der Waals surface area contributed by atoms with Gasteiger partial charge in [-0.25, -0.2) is 9.78 Å². The maximum absolute atomic E-state index is 13.2. The Labute approximate surface area is 200 Å². The molecule has 1 atom stereocenters. The molecule has 0 amide bonds. The van der Waals surface area contributed by atoms with Crippen molar-refractivity contribution in [2.24, 2.45) is 5.10 Å². The first-order chi connectivity index (χ1) is 15.6. The third-order valence-corrected chi connectivity index (χ3v) is 5.51. The van der Waals surface area contributed by atoms with Crippen LogP contribution in [0.3, 0.4) is 0 Å². The molecule has 2 aromatic carbocycles. The van der Waals surface area contributed by atoms with Gasteiger partial charge in [0, 0.05) is 27.0 Å². The van der Waals surface area contributed by atoms with Crippen molar-refractivity contribution in [2.75, 3.05) is 6.61 Å². The summed E-state index contributed by atoms with van der Waals surface area (Å²) in [6.45, 7) is 3.02. The van der Waals surface area contributed by atoms with E-state index < -0.39 is 28.7 Å². The molecule has 1 heterocycles. The molecule has 12 heteroatoms. The average molecular weight is 538 g/mol. The highest BCUT2D eigenvalue weighted by Crippen LogP contribution is 2.34. The number of rotatable bonds is 8. The summed E-state index contributed by atoms with van der Waals surface area (Å²) in [6, 6.07) is 7.50. The van der Waals surface area contributed by atoms with Crippen LogP contribution in [0.2, 0.25) is 5.02 Å². The molecule has 0 bridgehead atoms. The van der Waals surface area contributed by atoms with Crippen molar-refractivity contribution in [1.29, 1.82) is 0 Å². The van der Waals surface area contributed by atoms with E-state index in [1.54, 1.807) is 18.2 Å². The molecule has 0 aliphatic heterocycles. The van der Waals surface area contributed by atoms with Crippen molar-refractivity contribution in [2.45, 2.75) is 26.2 Å². The fraction of sp³-hybridized carbons (Fsp3) is 0.238. The molecule has 0 radical (unpaired) electrons. The molecular weight excluding hydrogens is 520 g/mol. The van der Waals surface area contributed by atoms with E-state index in [2.05, 4.69) is 26.0 Å². The van der Waals surface area contributed by atoms with Gasteiger partial charge in [0.1, 0.15) is 5.82 Å². The van der Waals surface area contributed by atoms with Gasteiger partial charge in [0.15, 0.2) is 6.61 Å². The van der Waals surface area contributed by atoms with Crippen LogP contribution in [0, 0.1) is 10.1 Å². The predicted molar refractivity (Wildman–Crippen MR) is 127 cm³/mol. The highest BCUT2D eigenvalue weighted by atomic mass is 79.9. The summed E-state index contributed by atoms with van der Waals surface area (Å²) in [5.41, 5.74) is -0.418. The Kier molecular flexibility index (Phi) is 7.44. The third-order valence-electron chi connectivity index (χ3n) is 4.80. The molecule has 0 spiro atoms. The summed E-state index contributed by atoms with van der Waals surface area (Å²) < 4.78 is 6.96. The van der Waals surface area contributed by atoms with Crippen LogP contribution < -0.4 is 10.3 Å². The Morgan fingerprint density at radius 1 is 1.42 bits per heavy atom. The van der Waals surface area contributed by atoms with Gasteiger partial charge >= 0.3 is 11.7 Å². The number of hydrogen-bond acceptors (Lipinski definition) is 7. The van der Waals surface area contributed by atoms with E-state index in [9.17, 15) is 19.7 Å². The van der Waals surface area contributed by atoms with Crippen LogP contribution in [0.5, 0.6) is 5.75 Å². The number of halogens is 2. The van der Waals surface area contributed by atoms with E-state index >= 15 is 0 Å². The van der Waals surface area contributed by atoms with E-state index in [4.69, 9.17) is 21.4 Å². The maximum Gasteiger partial charge on any atom is 0.341 e. The SMILES string of the molecule is CC[C@@H](C)c1nc2ccc(Br)cc2c(=O)n1N=Cc1cc(Cl)cc([N+](=O)[O-])c1OCC(=O)O. The summed E-state index contributed by atoms with van der Waals surface area (Å²) in [4.78, 5) is 39.5. The minimum absolute atomic E-state index is 0.0147. The number of benzene rings is 2. The normalized spacial score (nSPS) is 12.2. The molecule has 0 unspecified atom stereocenters. The number of aromatic nitrogens is 2. The van der Waals surface area contributed by atoms with Gasteiger partial charge in [0.25, 0.3) is 5.56 Å². The lowest BCUT2D eigenvalue weighted by molar-refractivity contribution is -0.385. The molecule has 1 aromatic heterocycles. The molecule has 0 aliphatic carbocycles. The maximum atomic E-state index is 13.2. The lowest BCUT2D eigenvalue weighted by Gasteiger charge is -2.14. The minimum atomic E-state index is -1.32. The van der Waals surface area contributed by atoms with Gasteiger partial charge in [-0.3, -0.25) is 14.9 Å². The van der Waals surface area contributed by atoms with E-state index in [1.807, 2.05) is 13.8 Å². The molecule has 33 heavy (non-hydrogen) atoms. The van der Waals surface area contributed by atoms with Crippen molar-refractivity contribution in [3.05, 3.63) is 71.7 Å². The predicted octanol–water partition coefficient (Wildman–Crippen LogP) is 4.58. The van der Waals surface area contributed by atoms with Crippen molar-refractivity contribution < 1.29 is 19.6 Å². The summed E-state index contributed by atoms with van der Waals surface area (Å²) in [7, 11) is 0. The second kappa shape index (κ2) is 10.1. The van der Waals surface area contributed by atoms with Crippen molar-refractivity contribution in [3.8, 4) is 5.75 Å². The van der Waals surface area contributed by atoms with Crippen LogP contribution in [0.25, 0.3) is 10.9 Å². The number of nitro groups is 1. The molecular formula is C21H18BrClN4O6. The fourth-order valence-electron chi connectivity index (χ4n) is 3.02. The van der Waals surface area contributed by atoms with Gasteiger partial charge < -0.3 is 9.84 Å². The molecule has 172 valence electrons. The number of fused-ring (bicyclic) bond motifs is 1. The van der Waals surface area contributed by atoms with Gasteiger partial charge in [-0.1, -0.05) is 41.4 Å². The molecule has 0 aliphatic rings. The van der Waals surface area contributed by atoms with E-state index in [0.717, 1.165) is 17.0 Å². The van der Waals surface area contributed by atoms with E-state index in [1.165, 1.54) is 6.07 Å². The molecule has 0 saturated carbocycles. The van der Waals surface area contributed by atoms with Crippen molar-refractivity contribution in [1.82, 2.24) is 9.66 Å². The Morgan fingerprint density at radius 3 is 2.79 bits per heavy atom. The number of aliphatic carboxylic acids is 1. The van der Waals surface area contributed by atoms with Gasteiger partial charge in [0.05, 0.1) is 22.0 Å². The number of hydrogen-bond donors (Lipinski definition) is 1. The van der Waals surface area contributed by atoms with Crippen LogP contribution in [0.15, 0.2) is 44.7 Å². The van der Waals surface area contributed by atoms with Crippen molar-refractivity contribution in [3.63, 3.8) is 0 Å². The lowest BCUT2D eigenvalue weighted by atomic mass is 10.1. The average Bonchev–Trinajstić information content (AvgIpc) is 2.76. The molecule has 3 rings (SSSR count). The smallest absolute Gasteiger partial charge is 0.341 e. The molecule has 1 N–H and O–H groups in total. The Morgan fingerprint density at radius 2 is 2.15 bits per heavy atom. The van der Waals surface area contributed by atoms with Gasteiger partial charge in [0.2, 0.25) is 5.75 Å². The van der Waals surface area contributed by atoms with Crippen LogP contribution in [-0.2, 0) is 4.79 Å².